The minimum absolute atomic E-state index is 0. The SMILES string of the molecule is NC(=O)CC(N)C(=O)O.[LiH]. The first-order valence-corrected chi connectivity index (χ1v) is 2.30. The van der Waals surface area contributed by atoms with Gasteiger partial charge in [-0.15, -0.1) is 0 Å². The first-order valence-electron chi connectivity index (χ1n) is 2.30. The van der Waals surface area contributed by atoms with Crippen LogP contribution in [0.15, 0.2) is 0 Å². The average Bonchev–Trinajstić information content (AvgIpc) is 1.63. The van der Waals surface area contributed by atoms with Gasteiger partial charge in [0.05, 0.1) is 6.42 Å². The van der Waals surface area contributed by atoms with E-state index < -0.39 is 17.9 Å². The number of primary amides is 1. The van der Waals surface area contributed by atoms with Crippen LogP contribution in [0, 0.1) is 0 Å². The summed E-state index contributed by atoms with van der Waals surface area (Å²) in [6, 6.07) is -1.16. The minimum atomic E-state index is -1.21. The molecule has 10 heavy (non-hydrogen) atoms. The average molecular weight is 140 g/mol. The van der Waals surface area contributed by atoms with Gasteiger partial charge in [0, 0.05) is 0 Å². The van der Waals surface area contributed by atoms with Gasteiger partial charge in [-0.1, -0.05) is 0 Å². The molecule has 0 fully saturated rings. The third-order valence-corrected chi connectivity index (χ3v) is 0.738. The summed E-state index contributed by atoms with van der Waals surface area (Å²) in [5, 5.41) is 8.10. The van der Waals surface area contributed by atoms with Crippen LogP contribution in [0.4, 0.5) is 0 Å². The van der Waals surface area contributed by atoms with E-state index in [4.69, 9.17) is 10.8 Å². The Hall–Kier alpha value is -0.503. The second-order valence-electron chi connectivity index (χ2n) is 1.62. The second-order valence-corrected chi connectivity index (χ2v) is 1.62. The molecule has 0 bridgehead atoms. The van der Waals surface area contributed by atoms with Gasteiger partial charge in [0.15, 0.2) is 0 Å². The van der Waals surface area contributed by atoms with Crippen LogP contribution < -0.4 is 11.5 Å². The number of aliphatic carboxylic acids is 1. The van der Waals surface area contributed by atoms with Crippen molar-refractivity contribution in [2.75, 3.05) is 0 Å². The van der Waals surface area contributed by atoms with E-state index in [1.807, 2.05) is 0 Å². The van der Waals surface area contributed by atoms with Gasteiger partial charge in [-0.25, -0.2) is 0 Å². The molecule has 0 spiro atoms. The number of carboxylic acids is 1. The second kappa shape index (κ2) is 5.30. The Bertz CT molecular complexity index is 138. The van der Waals surface area contributed by atoms with Crippen LogP contribution >= 0.6 is 0 Å². The van der Waals surface area contributed by atoms with Gasteiger partial charge < -0.3 is 16.6 Å². The zero-order chi connectivity index (χ0) is 7.44. The summed E-state index contributed by atoms with van der Waals surface area (Å²) in [6.07, 6.45) is -0.310. The van der Waals surface area contributed by atoms with Crippen molar-refractivity contribution >= 4 is 30.7 Å². The van der Waals surface area contributed by atoms with Crippen molar-refractivity contribution in [1.82, 2.24) is 0 Å². The summed E-state index contributed by atoms with van der Waals surface area (Å²) < 4.78 is 0. The number of hydrogen-bond donors (Lipinski definition) is 3. The van der Waals surface area contributed by atoms with Crippen LogP contribution in [0.3, 0.4) is 0 Å². The van der Waals surface area contributed by atoms with Crippen LogP contribution in [0.5, 0.6) is 0 Å². The van der Waals surface area contributed by atoms with Crippen molar-refractivity contribution in [2.45, 2.75) is 12.5 Å². The predicted octanol–water partition coefficient (Wildman–Crippen LogP) is -2.37. The van der Waals surface area contributed by atoms with Crippen molar-refractivity contribution in [3.05, 3.63) is 0 Å². The topological polar surface area (TPSA) is 106 Å². The zero-order valence-corrected chi connectivity index (χ0v) is 4.70. The normalized spacial score (nSPS) is 11.3. The fourth-order valence-corrected chi connectivity index (χ4v) is 0.304. The Balaban J connectivity index is 0. The third kappa shape index (κ3) is 5.63. The molecular formula is C4H9LiN2O3. The molecule has 0 aliphatic rings. The van der Waals surface area contributed by atoms with Crippen molar-refractivity contribution in [1.29, 1.82) is 0 Å². The van der Waals surface area contributed by atoms with Gasteiger partial charge in [0.1, 0.15) is 6.04 Å². The monoisotopic (exact) mass is 140 g/mol. The molecule has 0 saturated heterocycles. The van der Waals surface area contributed by atoms with E-state index in [0.717, 1.165) is 0 Å². The first kappa shape index (κ1) is 12.2. The van der Waals surface area contributed by atoms with E-state index in [1.54, 1.807) is 0 Å². The molecule has 0 saturated carbocycles. The number of carbonyl (C=O) groups excluding carboxylic acids is 1. The molecule has 5 N–H and O–H groups in total. The Morgan fingerprint density at radius 1 is 1.50 bits per heavy atom. The predicted molar refractivity (Wildman–Crippen MR) is 36.6 cm³/mol. The number of carbonyl (C=O) groups is 2. The van der Waals surface area contributed by atoms with Gasteiger partial charge in [-0.3, -0.25) is 9.59 Å². The molecule has 1 atom stereocenters. The van der Waals surface area contributed by atoms with E-state index >= 15 is 0 Å². The van der Waals surface area contributed by atoms with Crippen molar-refractivity contribution in [3.63, 3.8) is 0 Å². The summed E-state index contributed by atoms with van der Waals surface area (Å²) in [6.45, 7) is 0. The number of rotatable bonds is 3. The molecule has 0 rings (SSSR count). The van der Waals surface area contributed by atoms with Crippen LogP contribution in [-0.2, 0) is 9.59 Å². The van der Waals surface area contributed by atoms with E-state index in [0.29, 0.717) is 0 Å². The van der Waals surface area contributed by atoms with E-state index in [-0.39, 0.29) is 25.3 Å². The molecule has 0 aliphatic heterocycles. The standard InChI is InChI=1S/C4H8N2O3.Li.H/c5-2(4(8)9)1-3(6)7;;/h2H,1,5H2,(H2,6,7)(H,8,9);;. The molecule has 1 unspecified atom stereocenters. The van der Waals surface area contributed by atoms with Gasteiger partial charge in [-0.2, -0.15) is 0 Å². The number of amides is 1. The molecule has 0 aromatic carbocycles. The van der Waals surface area contributed by atoms with Crippen molar-refractivity contribution in [2.24, 2.45) is 11.5 Å². The summed E-state index contributed by atoms with van der Waals surface area (Å²) in [5.41, 5.74) is 9.57. The molecular weight excluding hydrogens is 131 g/mol. The first-order chi connectivity index (χ1) is 4.04. The molecule has 0 aromatic rings. The van der Waals surface area contributed by atoms with E-state index in [9.17, 15) is 9.59 Å². The van der Waals surface area contributed by atoms with E-state index in [2.05, 4.69) is 5.73 Å². The number of nitrogens with two attached hydrogens (primary N) is 2. The summed E-state index contributed by atoms with van der Waals surface area (Å²) >= 11 is 0. The summed E-state index contributed by atoms with van der Waals surface area (Å²) in [7, 11) is 0. The van der Waals surface area contributed by atoms with E-state index in [1.165, 1.54) is 0 Å². The molecule has 1 amide bonds. The van der Waals surface area contributed by atoms with Crippen molar-refractivity contribution in [3.8, 4) is 0 Å². The van der Waals surface area contributed by atoms with Gasteiger partial charge in [0.25, 0.3) is 0 Å². The van der Waals surface area contributed by atoms with Crippen LogP contribution in [-0.4, -0.2) is 41.9 Å². The Morgan fingerprint density at radius 3 is 2.00 bits per heavy atom. The molecule has 5 nitrogen and oxygen atoms in total. The molecule has 6 heteroatoms. The molecule has 0 aliphatic carbocycles. The molecule has 0 radical (unpaired) electrons. The van der Waals surface area contributed by atoms with Crippen LogP contribution in [0.1, 0.15) is 6.42 Å². The molecule has 54 valence electrons. The molecule has 0 aromatic heterocycles. The van der Waals surface area contributed by atoms with Crippen LogP contribution in [0.2, 0.25) is 0 Å². The van der Waals surface area contributed by atoms with Crippen LogP contribution in [0.25, 0.3) is 0 Å². The van der Waals surface area contributed by atoms with Crippen molar-refractivity contribution < 1.29 is 14.7 Å². The quantitative estimate of drug-likeness (QED) is 0.380. The Morgan fingerprint density at radius 2 is 1.90 bits per heavy atom. The number of hydrogen-bond acceptors (Lipinski definition) is 3. The maximum absolute atomic E-state index is 9.99. The van der Waals surface area contributed by atoms with Gasteiger partial charge in [-0.05, 0) is 0 Å². The Labute approximate surface area is 69.9 Å². The van der Waals surface area contributed by atoms with Gasteiger partial charge >= 0.3 is 24.8 Å². The third-order valence-electron chi connectivity index (χ3n) is 0.738. The number of carboxylic acid groups (broad SMARTS) is 1. The summed E-state index contributed by atoms with van der Waals surface area (Å²) in [4.78, 5) is 19.9. The Kier molecular flexibility index (Phi) is 6.46. The fraction of sp³-hybridized carbons (Fsp3) is 0.500. The zero-order valence-electron chi connectivity index (χ0n) is 4.70. The molecule has 0 heterocycles. The van der Waals surface area contributed by atoms with Gasteiger partial charge in [0.2, 0.25) is 5.91 Å². The maximum atomic E-state index is 9.99. The summed E-state index contributed by atoms with van der Waals surface area (Å²) in [5.74, 6) is -1.92. The fourth-order valence-electron chi connectivity index (χ4n) is 0.304.